The van der Waals surface area contributed by atoms with Gasteiger partial charge in [-0.1, -0.05) is 0 Å². The Morgan fingerprint density at radius 1 is 1.26 bits per heavy atom. The minimum absolute atomic E-state index is 0.0372. The Morgan fingerprint density at radius 2 is 2.21 bits per heavy atom. The van der Waals surface area contributed by atoms with Crippen LogP contribution in [0.15, 0.2) is 36.7 Å². The van der Waals surface area contributed by atoms with Gasteiger partial charge >= 0.3 is 0 Å². The number of hydrogen-bond acceptors (Lipinski definition) is 3. The summed E-state index contributed by atoms with van der Waals surface area (Å²) < 4.78 is 0. The molecule has 0 fully saturated rings. The van der Waals surface area contributed by atoms with Crippen LogP contribution in [0.25, 0.3) is 22.4 Å². The molecule has 0 spiro atoms. The molecule has 19 heavy (non-hydrogen) atoms. The molecular weight excluding hydrogens is 240 g/mol. The molecule has 0 saturated heterocycles. The van der Waals surface area contributed by atoms with Crippen molar-refractivity contribution in [2.75, 3.05) is 5.32 Å². The maximum atomic E-state index is 11.3. The zero-order chi connectivity index (χ0) is 12.8. The molecule has 1 amide bonds. The second-order valence-corrected chi connectivity index (χ2v) is 4.58. The van der Waals surface area contributed by atoms with Crippen molar-refractivity contribution in [3.05, 3.63) is 42.2 Å². The highest BCUT2D eigenvalue weighted by molar-refractivity contribution is 6.02. The van der Waals surface area contributed by atoms with Crippen LogP contribution in [0.2, 0.25) is 0 Å². The van der Waals surface area contributed by atoms with E-state index in [1.54, 1.807) is 12.4 Å². The quantitative estimate of drug-likeness (QED) is 0.695. The highest BCUT2D eigenvalue weighted by Gasteiger charge is 2.19. The molecule has 0 aliphatic carbocycles. The molecule has 2 N–H and O–H groups in total. The van der Waals surface area contributed by atoms with Crippen molar-refractivity contribution in [2.24, 2.45) is 0 Å². The van der Waals surface area contributed by atoms with Gasteiger partial charge in [-0.25, -0.2) is 4.98 Å². The van der Waals surface area contributed by atoms with Crippen LogP contribution in [-0.4, -0.2) is 20.9 Å². The normalized spacial score (nSPS) is 13.6. The van der Waals surface area contributed by atoms with Gasteiger partial charge in [-0.05, 0) is 29.8 Å². The summed E-state index contributed by atoms with van der Waals surface area (Å²) >= 11 is 0. The minimum Gasteiger partial charge on any atom is -0.338 e. The zero-order valence-electron chi connectivity index (χ0n) is 9.97. The molecule has 0 bridgehead atoms. The Kier molecular flexibility index (Phi) is 1.97. The minimum atomic E-state index is 0.0372. The van der Waals surface area contributed by atoms with Crippen molar-refractivity contribution >= 4 is 22.6 Å². The topological polar surface area (TPSA) is 70.7 Å². The smallest absolute Gasteiger partial charge is 0.228 e. The Labute approximate surface area is 108 Å². The van der Waals surface area contributed by atoms with E-state index in [1.807, 2.05) is 24.3 Å². The van der Waals surface area contributed by atoms with Gasteiger partial charge in [0.1, 0.15) is 5.82 Å². The maximum absolute atomic E-state index is 11.3. The van der Waals surface area contributed by atoms with Crippen LogP contribution in [-0.2, 0) is 11.2 Å². The van der Waals surface area contributed by atoms with Gasteiger partial charge in [0.05, 0.1) is 17.5 Å². The van der Waals surface area contributed by atoms with E-state index < -0.39 is 0 Å². The number of hydrogen-bond donors (Lipinski definition) is 2. The highest BCUT2D eigenvalue weighted by Crippen LogP contribution is 2.29. The van der Waals surface area contributed by atoms with Gasteiger partial charge in [-0.3, -0.25) is 9.78 Å². The molecule has 1 aromatic carbocycles. The van der Waals surface area contributed by atoms with E-state index in [1.165, 1.54) is 0 Å². The van der Waals surface area contributed by atoms with Crippen molar-refractivity contribution in [3.63, 3.8) is 0 Å². The number of carbonyl (C=O) groups is 1. The van der Waals surface area contributed by atoms with E-state index >= 15 is 0 Å². The lowest BCUT2D eigenvalue weighted by atomic mass is 10.1. The number of amides is 1. The van der Waals surface area contributed by atoms with E-state index in [2.05, 4.69) is 20.3 Å². The van der Waals surface area contributed by atoms with E-state index in [-0.39, 0.29) is 5.91 Å². The fourth-order valence-corrected chi connectivity index (χ4v) is 2.37. The average molecular weight is 250 g/mol. The maximum Gasteiger partial charge on any atom is 0.228 e. The van der Waals surface area contributed by atoms with E-state index in [9.17, 15) is 4.79 Å². The SMILES string of the molecule is O=C1Cc2cc3[nH]c(-c4cccnc4)nc3cc2N1. The fraction of sp³-hybridized carbons (Fsp3) is 0.0714. The molecule has 0 atom stereocenters. The third-order valence-electron chi connectivity index (χ3n) is 3.27. The summed E-state index contributed by atoms with van der Waals surface area (Å²) in [5.41, 5.74) is 4.61. The number of rotatable bonds is 1. The van der Waals surface area contributed by atoms with Crippen LogP contribution in [0.1, 0.15) is 5.56 Å². The van der Waals surface area contributed by atoms with Crippen molar-refractivity contribution in [1.82, 2.24) is 15.0 Å². The van der Waals surface area contributed by atoms with E-state index in [0.29, 0.717) is 6.42 Å². The summed E-state index contributed by atoms with van der Waals surface area (Å²) in [5, 5.41) is 2.83. The molecule has 3 heterocycles. The van der Waals surface area contributed by atoms with Gasteiger partial charge in [0.2, 0.25) is 5.91 Å². The van der Waals surface area contributed by atoms with Crippen molar-refractivity contribution in [1.29, 1.82) is 0 Å². The van der Waals surface area contributed by atoms with Crippen LogP contribution in [0.3, 0.4) is 0 Å². The number of pyridine rings is 1. The van der Waals surface area contributed by atoms with Gasteiger partial charge in [0.15, 0.2) is 0 Å². The number of benzene rings is 1. The third kappa shape index (κ3) is 1.59. The second kappa shape index (κ2) is 3.65. The second-order valence-electron chi connectivity index (χ2n) is 4.58. The molecule has 1 aliphatic heterocycles. The molecule has 0 unspecified atom stereocenters. The summed E-state index contributed by atoms with van der Waals surface area (Å²) in [6.45, 7) is 0. The molecule has 0 radical (unpaired) electrons. The Morgan fingerprint density at radius 3 is 3.05 bits per heavy atom. The largest absolute Gasteiger partial charge is 0.338 e. The van der Waals surface area contributed by atoms with Crippen molar-refractivity contribution < 1.29 is 4.79 Å². The van der Waals surface area contributed by atoms with Crippen LogP contribution < -0.4 is 5.32 Å². The molecule has 5 nitrogen and oxygen atoms in total. The lowest BCUT2D eigenvalue weighted by Gasteiger charge is -1.96. The standard InChI is InChI=1S/C14H10N4O/c19-13-5-9-4-11-12(6-10(9)16-13)18-14(17-11)8-2-1-3-15-7-8/h1-4,6-7H,5H2,(H,16,19)(H,17,18). The molecule has 3 aromatic rings. The summed E-state index contributed by atoms with van der Waals surface area (Å²) in [6.07, 6.45) is 3.94. The first-order valence-electron chi connectivity index (χ1n) is 6.02. The average Bonchev–Trinajstić information content (AvgIpc) is 2.98. The first-order valence-corrected chi connectivity index (χ1v) is 6.02. The predicted molar refractivity (Wildman–Crippen MR) is 71.7 cm³/mol. The number of nitrogens with one attached hydrogen (secondary N) is 2. The molecule has 1 aliphatic rings. The summed E-state index contributed by atoms with van der Waals surface area (Å²) in [7, 11) is 0. The van der Waals surface area contributed by atoms with Crippen LogP contribution in [0.5, 0.6) is 0 Å². The van der Waals surface area contributed by atoms with Crippen molar-refractivity contribution in [3.8, 4) is 11.4 Å². The number of aromatic amines is 1. The number of fused-ring (bicyclic) bond motifs is 2. The Hall–Kier alpha value is -2.69. The summed E-state index contributed by atoms with van der Waals surface area (Å²) in [6, 6.07) is 7.73. The van der Waals surface area contributed by atoms with E-state index in [4.69, 9.17) is 0 Å². The number of anilines is 1. The molecule has 4 rings (SSSR count). The van der Waals surface area contributed by atoms with Crippen LogP contribution in [0.4, 0.5) is 5.69 Å². The van der Waals surface area contributed by atoms with Gasteiger partial charge in [-0.2, -0.15) is 0 Å². The molecule has 2 aromatic heterocycles. The fourth-order valence-electron chi connectivity index (χ4n) is 2.37. The molecule has 5 heteroatoms. The number of aromatic nitrogens is 3. The number of carbonyl (C=O) groups excluding carboxylic acids is 1. The van der Waals surface area contributed by atoms with Crippen LogP contribution in [0, 0.1) is 0 Å². The third-order valence-corrected chi connectivity index (χ3v) is 3.27. The number of H-pyrrole nitrogens is 1. The number of nitrogens with zero attached hydrogens (tertiary/aromatic N) is 2. The Balaban J connectivity index is 1.88. The molecule has 0 saturated carbocycles. The van der Waals surface area contributed by atoms with Gasteiger partial charge < -0.3 is 10.3 Å². The van der Waals surface area contributed by atoms with Gasteiger partial charge in [-0.15, -0.1) is 0 Å². The monoisotopic (exact) mass is 250 g/mol. The molecule has 92 valence electrons. The highest BCUT2D eigenvalue weighted by atomic mass is 16.1. The lowest BCUT2D eigenvalue weighted by molar-refractivity contribution is -0.115. The summed E-state index contributed by atoms with van der Waals surface area (Å²) in [5.74, 6) is 0.827. The Bertz CT molecular complexity index is 747. The van der Waals surface area contributed by atoms with Gasteiger partial charge in [0.25, 0.3) is 0 Å². The lowest BCUT2D eigenvalue weighted by Crippen LogP contribution is -2.03. The number of imidazole rings is 1. The van der Waals surface area contributed by atoms with Crippen molar-refractivity contribution in [2.45, 2.75) is 6.42 Å². The van der Waals surface area contributed by atoms with Crippen LogP contribution >= 0.6 is 0 Å². The van der Waals surface area contributed by atoms with E-state index in [0.717, 1.165) is 33.7 Å². The molecular formula is C14H10N4O. The first kappa shape index (κ1) is 10.3. The summed E-state index contributed by atoms with van der Waals surface area (Å²) in [4.78, 5) is 23.2. The zero-order valence-corrected chi connectivity index (χ0v) is 9.97. The van der Waals surface area contributed by atoms with Gasteiger partial charge in [0, 0.05) is 23.6 Å². The predicted octanol–water partition coefficient (Wildman–Crippen LogP) is 2.12. The first-order chi connectivity index (χ1) is 9.29.